The van der Waals surface area contributed by atoms with Gasteiger partial charge in [-0.25, -0.2) is 4.39 Å². The molecule has 30 heavy (non-hydrogen) atoms. The molecule has 3 aromatic rings. The van der Waals surface area contributed by atoms with Crippen LogP contribution in [0.2, 0.25) is 0 Å². The van der Waals surface area contributed by atoms with Crippen molar-refractivity contribution < 1.29 is 18.8 Å². The van der Waals surface area contributed by atoms with Crippen LogP contribution in [0.4, 0.5) is 21.5 Å². The molecule has 0 bridgehead atoms. The van der Waals surface area contributed by atoms with E-state index in [4.69, 9.17) is 0 Å². The van der Waals surface area contributed by atoms with Crippen molar-refractivity contribution in [3.63, 3.8) is 0 Å². The zero-order chi connectivity index (χ0) is 21.7. The molecule has 7 heteroatoms. The summed E-state index contributed by atoms with van der Waals surface area (Å²) in [5.41, 5.74) is 2.56. The minimum atomic E-state index is -0.621. The first kappa shape index (κ1) is 20.7. The average molecular weight is 405 g/mol. The van der Waals surface area contributed by atoms with E-state index >= 15 is 0 Å². The number of aryl methyl sites for hydroxylation is 1. The number of benzene rings is 3. The molecule has 6 nitrogen and oxygen atoms in total. The maximum absolute atomic E-state index is 13.8. The molecule has 0 aromatic heterocycles. The molecular formula is C23H20FN3O3. The highest BCUT2D eigenvalue weighted by atomic mass is 19.1. The Kier molecular flexibility index (Phi) is 6.22. The van der Waals surface area contributed by atoms with Crippen molar-refractivity contribution in [2.24, 2.45) is 0 Å². The monoisotopic (exact) mass is 405 g/mol. The van der Waals surface area contributed by atoms with Crippen molar-refractivity contribution >= 4 is 34.8 Å². The second-order valence-corrected chi connectivity index (χ2v) is 6.68. The van der Waals surface area contributed by atoms with E-state index < -0.39 is 11.7 Å². The van der Waals surface area contributed by atoms with Crippen molar-refractivity contribution in [2.45, 2.75) is 13.8 Å². The van der Waals surface area contributed by atoms with E-state index in [1.807, 2.05) is 0 Å². The van der Waals surface area contributed by atoms with Crippen LogP contribution < -0.4 is 16.0 Å². The van der Waals surface area contributed by atoms with Crippen molar-refractivity contribution in [1.29, 1.82) is 0 Å². The molecular weight excluding hydrogens is 385 g/mol. The number of carbonyl (C=O) groups excluding carboxylic acids is 3. The van der Waals surface area contributed by atoms with E-state index in [0.29, 0.717) is 22.6 Å². The van der Waals surface area contributed by atoms with Gasteiger partial charge in [0, 0.05) is 29.5 Å². The van der Waals surface area contributed by atoms with E-state index in [-0.39, 0.29) is 17.4 Å². The summed E-state index contributed by atoms with van der Waals surface area (Å²) in [6.45, 7) is 3.19. The normalized spacial score (nSPS) is 10.2. The lowest BCUT2D eigenvalue weighted by molar-refractivity contribution is -0.114. The zero-order valence-electron chi connectivity index (χ0n) is 16.5. The highest BCUT2D eigenvalue weighted by Gasteiger charge is 2.14. The summed E-state index contributed by atoms with van der Waals surface area (Å²) in [5, 5.41) is 8.06. The van der Waals surface area contributed by atoms with Crippen LogP contribution in [0.15, 0.2) is 66.7 Å². The summed E-state index contributed by atoms with van der Waals surface area (Å²) in [7, 11) is 0. The Morgan fingerprint density at radius 3 is 2.03 bits per heavy atom. The average Bonchev–Trinajstić information content (AvgIpc) is 2.71. The molecule has 3 N–H and O–H groups in total. The fourth-order valence-electron chi connectivity index (χ4n) is 2.78. The van der Waals surface area contributed by atoms with Gasteiger partial charge >= 0.3 is 0 Å². The van der Waals surface area contributed by atoms with Gasteiger partial charge in [0.15, 0.2) is 0 Å². The van der Waals surface area contributed by atoms with Gasteiger partial charge in [-0.1, -0.05) is 18.2 Å². The van der Waals surface area contributed by atoms with E-state index in [0.717, 1.165) is 5.56 Å². The first-order chi connectivity index (χ1) is 14.3. The summed E-state index contributed by atoms with van der Waals surface area (Å²) < 4.78 is 13.8. The van der Waals surface area contributed by atoms with Crippen molar-refractivity contribution in [1.82, 2.24) is 0 Å². The van der Waals surface area contributed by atoms with Crippen LogP contribution in [0.5, 0.6) is 0 Å². The number of halogens is 1. The summed E-state index contributed by atoms with van der Waals surface area (Å²) in [6, 6.07) is 17.2. The molecule has 0 saturated heterocycles. The summed E-state index contributed by atoms with van der Waals surface area (Å²) in [6.07, 6.45) is 0. The predicted molar refractivity (Wildman–Crippen MR) is 114 cm³/mol. The molecule has 0 radical (unpaired) electrons. The smallest absolute Gasteiger partial charge is 0.258 e. The molecule has 3 amide bonds. The fourth-order valence-corrected chi connectivity index (χ4v) is 2.78. The lowest BCUT2D eigenvalue weighted by atomic mass is 10.1. The lowest BCUT2D eigenvalue weighted by Crippen LogP contribution is -2.16. The van der Waals surface area contributed by atoms with Crippen LogP contribution in [-0.2, 0) is 4.79 Å². The number of nitrogens with one attached hydrogen (secondary N) is 3. The number of hydrogen-bond donors (Lipinski definition) is 3. The largest absolute Gasteiger partial charge is 0.326 e. The molecule has 0 atom stereocenters. The third-order valence-electron chi connectivity index (χ3n) is 4.33. The van der Waals surface area contributed by atoms with Crippen molar-refractivity contribution in [2.75, 3.05) is 16.0 Å². The summed E-state index contributed by atoms with van der Waals surface area (Å²) in [5.74, 6) is -1.77. The minimum absolute atomic E-state index is 0.0778. The predicted octanol–water partition coefficient (Wildman–Crippen LogP) is 4.60. The second kappa shape index (κ2) is 9.00. The number of amides is 3. The van der Waals surface area contributed by atoms with Gasteiger partial charge in [0.2, 0.25) is 5.91 Å². The highest BCUT2D eigenvalue weighted by molar-refractivity contribution is 6.08. The molecule has 3 rings (SSSR count). The fraction of sp³-hybridized carbons (Fsp3) is 0.0870. The third-order valence-corrected chi connectivity index (χ3v) is 4.33. The highest BCUT2D eigenvalue weighted by Crippen LogP contribution is 2.20. The van der Waals surface area contributed by atoms with Gasteiger partial charge in [0.25, 0.3) is 11.8 Å². The first-order valence-electron chi connectivity index (χ1n) is 9.19. The summed E-state index contributed by atoms with van der Waals surface area (Å²) in [4.78, 5) is 36.1. The van der Waals surface area contributed by atoms with Gasteiger partial charge in [-0.05, 0) is 61.0 Å². The zero-order valence-corrected chi connectivity index (χ0v) is 16.5. The van der Waals surface area contributed by atoms with E-state index in [1.165, 1.54) is 31.2 Å². The van der Waals surface area contributed by atoms with Crippen LogP contribution >= 0.6 is 0 Å². The lowest BCUT2D eigenvalue weighted by Gasteiger charge is -2.12. The van der Waals surface area contributed by atoms with Crippen LogP contribution in [0, 0.1) is 12.7 Å². The topological polar surface area (TPSA) is 87.3 Å². The Hall–Kier alpha value is -4.00. The van der Waals surface area contributed by atoms with E-state index in [9.17, 15) is 18.8 Å². The van der Waals surface area contributed by atoms with Crippen LogP contribution in [0.25, 0.3) is 0 Å². The molecule has 0 aliphatic heterocycles. The maximum atomic E-state index is 13.8. The Bertz CT molecular complexity index is 1110. The van der Waals surface area contributed by atoms with Crippen LogP contribution in [0.3, 0.4) is 0 Å². The molecule has 0 aliphatic carbocycles. The minimum Gasteiger partial charge on any atom is -0.326 e. The van der Waals surface area contributed by atoms with Gasteiger partial charge in [-0.3, -0.25) is 14.4 Å². The number of rotatable bonds is 5. The van der Waals surface area contributed by atoms with E-state index in [1.54, 1.807) is 49.4 Å². The van der Waals surface area contributed by atoms with Crippen LogP contribution in [-0.4, -0.2) is 17.7 Å². The Morgan fingerprint density at radius 2 is 1.40 bits per heavy atom. The molecule has 0 spiro atoms. The quantitative estimate of drug-likeness (QED) is 0.580. The van der Waals surface area contributed by atoms with Gasteiger partial charge in [0.1, 0.15) is 5.82 Å². The number of anilines is 3. The molecule has 0 heterocycles. The second-order valence-electron chi connectivity index (χ2n) is 6.68. The number of hydrogen-bond acceptors (Lipinski definition) is 3. The Morgan fingerprint density at radius 1 is 0.767 bits per heavy atom. The van der Waals surface area contributed by atoms with Gasteiger partial charge < -0.3 is 16.0 Å². The van der Waals surface area contributed by atoms with Gasteiger partial charge in [-0.15, -0.1) is 0 Å². The Balaban J connectivity index is 1.74. The molecule has 152 valence electrons. The first-order valence-corrected chi connectivity index (χ1v) is 9.19. The van der Waals surface area contributed by atoms with Crippen molar-refractivity contribution in [3.05, 3.63) is 89.2 Å². The van der Waals surface area contributed by atoms with Gasteiger partial charge in [0.05, 0.1) is 5.56 Å². The maximum Gasteiger partial charge on any atom is 0.258 e. The van der Waals surface area contributed by atoms with Crippen LogP contribution in [0.1, 0.15) is 33.2 Å². The molecule has 0 saturated carbocycles. The third kappa shape index (κ3) is 5.08. The Labute approximate surface area is 173 Å². The summed E-state index contributed by atoms with van der Waals surface area (Å²) >= 11 is 0. The SMILES string of the molecule is CC(=O)Nc1ccc(NC(=O)c2ccc(C)c(NC(=O)c3ccccc3F)c2)cc1. The molecule has 3 aromatic carbocycles. The van der Waals surface area contributed by atoms with Crippen molar-refractivity contribution in [3.8, 4) is 0 Å². The number of carbonyl (C=O) groups is 3. The molecule has 0 aliphatic rings. The molecule has 0 fully saturated rings. The molecule has 0 unspecified atom stereocenters. The van der Waals surface area contributed by atoms with E-state index in [2.05, 4.69) is 16.0 Å². The standard InChI is InChI=1S/C23H20FN3O3/c1-14-7-8-16(13-21(14)27-23(30)19-5-3-4-6-20(19)24)22(29)26-18-11-9-17(10-12-18)25-15(2)28/h3-13H,1-2H3,(H,25,28)(H,26,29)(H,27,30). The van der Waals surface area contributed by atoms with Gasteiger partial charge in [-0.2, -0.15) is 0 Å².